The molecule has 1 aromatic carbocycles. The van der Waals surface area contributed by atoms with E-state index in [-0.39, 0.29) is 22.5 Å². The lowest BCUT2D eigenvalue weighted by molar-refractivity contribution is 0.467. The lowest BCUT2D eigenvalue weighted by atomic mass is 10.2. The highest BCUT2D eigenvalue weighted by Gasteiger charge is 2.22. The van der Waals surface area contributed by atoms with E-state index < -0.39 is 10.0 Å². The van der Waals surface area contributed by atoms with Crippen molar-refractivity contribution < 1.29 is 12.8 Å². The van der Waals surface area contributed by atoms with E-state index in [9.17, 15) is 12.8 Å². The van der Waals surface area contributed by atoms with Crippen LogP contribution in [0.15, 0.2) is 40.6 Å². The number of alkyl halides is 1. The Hall–Kier alpha value is -0.950. The van der Waals surface area contributed by atoms with Crippen molar-refractivity contribution in [3.63, 3.8) is 0 Å². The summed E-state index contributed by atoms with van der Waals surface area (Å²) in [5.74, 6) is -0.0952. The van der Waals surface area contributed by atoms with Crippen molar-refractivity contribution in [3.8, 4) is 0 Å². The summed E-state index contributed by atoms with van der Waals surface area (Å²) in [5, 5.41) is 0. The summed E-state index contributed by atoms with van der Waals surface area (Å²) in [6, 6.07) is 9.13. The number of halogens is 2. The van der Waals surface area contributed by atoms with E-state index in [1.54, 1.807) is 24.3 Å². The molecular weight excluding hydrogens is 321 g/mol. The predicted octanol–water partition coefficient (Wildman–Crippen LogP) is 3.45. The maximum atomic E-state index is 13.1. The van der Waals surface area contributed by atoms with E-state index in [1.807, 2.05) is 0 Å². The van der Waals surface area contributed by atoms with Crippen LogP contribution in [0, 0.1) is 5.82 Å². The van der Waals surface area contributed by atoms with Crippen molar-refractivity contribution in [2.75, 3.05) is 7.05 Å². The van der Waals surface area contributed by atoms with Crippen LogP contribution in [0.4, 0.5) is 4.39 Å². The third-order valence-corrected chi connectivity index (χ3v) is 6.53. The zero-order chi connectivity index (χ0) is 14.8. The lowest BCUT2D eigenvalue weighted by Gasteiger charge is -2.16. The quantitative estimate of drug-likeness (QED) is 0.786. The number of benzene rings is 1. The van der Waals surface area contributed by atoms with Crippen LogP contribution < -0.4 is 0 Å². The maximum absolute atomic E-state index is 13.1. The molecule has 2 rings (SSSR count). The summed E-state index contributed by atoms with van der Waals surface area (Å²) in [5.41, 5.74) is 0.602. The molecule has 0 spiro atoms. The van der Waals surface area contributed by atoms with Gasteiger partial charge in [0, 0.05) is 18.5 Å². The Labute approximate surface area is 126 Å². The van der Waals surface area contributed by atoms with Gasteiger partial charge in [-0.25, -0.2) is 12.8 Å². The zero-order valence-corrected chi connectivity index (χ0v) is 13.1. The van der Waals surface area contributed by atoms with Gasteiger partial charge in [0.05, 0.1) is 5.88 Å². The van der Waals surface area contributed by atoms with Gasteiger partial charge in [0.15, 0.2) is 0 Å². The van der Waals surface area contributed by atoms with Gasteiger partial charge >= 0.3 is 0 Å². The molecule has 0 bridgehead atoms. The molecule has 1 aromatic heterocycles. The average Bonchev–Trinajstić information content (AvgIpc) is 2.88. The summed E-state index contributed by atoms with van der Waals surface area (Å²) < 4.78 is 39.2. The summed E-state index contributed by atoms with van der Waals surface area (Å²) in [6.07, 6.45) is 0. The summed E-state index contributed by atoms with van der Waals surface area (Å²) in [6.45, 7) is 0.119. The predicted molar refractivity (Wildman–Crippen MR) is 78.9 cm³/mol. The molecule has 0 atom stereocenters. The minimum absolute atomic E-state index is 0.119. The monoisotopic (exact) mass is 333 g/mol. The van der Waals surface area contributed by atoms with Crippen LogP contribution >= 0.6 is 22.9 Å². The third-order valence-electron chi connectivity index (χ3n) is 2.73. The molecule has 108 valence electrons. The molecule has 0 saturated heterocycles. The van der Waals surface area contributed by atoms with Gasteiger partial charge < -0.3 is 0 Å². The molecule has 0 N–H and O–H groups in total. The second-order valence-corrected chi connectivity index (χ2v) is 7.95. The Balaban J connectivity index is 2.21. The fraction of sp³-hybridized carbons (Fsp3) is 0.231. The van der Waals surface area contributed by atoms with Crippen LogP contribution in [0.2, 0.25) is 0 Å². The molecule has 0 fully saturated rings. The molecule has 0 aliphatic rings. The van der Waals surface area contributed by atoms with Gasteiger partial charge in [0.1, 0.15) is 10.0 Å². The van der Waals surface area contributed by atoms with Crippen LogP contribution in [0.3, 0.4) is 0 Å². The largest absolute Gasteiger partial charge is 0.252 e. The first-order valence-corrected chi connectivity index (χ1v) is 8.58. The van der Waals surface area contributed by atoms with Crippen LogP contribution in [0.5, 0.6) is 0 Å². The maximum Gasteiger partial charge on any atom is 0.252 e. The Morgan fingerprint density at radius 2 is 2.05 bits per heavy atom. The number of nitrogens with zero attached hydrogens (tertiary/aromatic N) is 1. The molecule has 7 heteroatoms. The molecule has 0 saturated carbocycles. The summed E-state index contributed by atoms with van der Waals surface area (Å²) >= 11 is 6.82. The minimum atomic E-state index is -3.57. The van der Waals surface area contributed by atoms with Gasteiger partial charge in [-0.3, -0.25) is 0 Å². The molecule has 1 heterocycles. The van der Waals surface area contributed by atoms with Crippen molar-refractivity contribution in [2.45, 2.75) is 16.6 Å². The highest BCUT2D eigenvalue weighted by Crippen LogP contribution is 2.26. The van der Waals surface area contributed by atoms with Crippen molar-refractivity contribution >= 4 is 33.0 Å². The first kappa shape index (κ1) is 15.4. The smallest absolute Gasteiger partial charge is 0.207 e. The SMILES string of the molecule is CN(Cc1cccc(F)c1)S(=O)(=O)c1ccc(CCl)s1. The molecule has 3 nitrogen and oxygen atoms in total. The Kier molecular flexibility index (Phi) is 4.80. The topological polar surface area (TPSA) is 37.4 Å². The number of hydrogen-bond donors (Lipinski definition) is 0. The molecule has 20 heavy (non-hydrogen) atoms. The first-order chi connectivity index (χ1) is 9.43. The van der Waals surface area contributed by atoms with Crippen LogP contribution in [-0.4, -0.2) is 19.8 Å². The van der Waals surface area contributed by atoms with Gasteiger partial charge in [-0.15, -0.1) is 22.9 Å². The number of rotatable bonds is 5. The molecule has 0 amide bonds. The van der Waals surface area contributed by atoms with Gasteiger partial charge in [0.2, 0.25) is 0 Å². The highest BCUT2D eigenvalue weighted by molar-refractivity contribution is 7.91. The van der Waals surface area contributed by atoms with E-state index in [1.165, 1.54) is 23.5 Å². The normalized spacial score (nSPS) is 12.0. The molecule has 0 aliphatic heterocycles. The molecule has 0 aliphatic carbocycles. The highest BCUT2D eigenvalue weighted by atomic mass is 35.5. The molecule has 2 aromatic rings. The van der Waals surface area contributed by atoms with Crippen molar-refractivity contribution in [1.29, 1.82) is 0 Å². The molecular formula is C13H13ClFNO2S2. The van der Waals surface area contributed by atoms with Crippen LogP contribution in [-0.2, 0) is 22.4 Å². The summed E-state index contributed by atoms with van der Waals surface area (Å²) in [4.78, 5) is 0.796. The number of sulfonamides is 1. The first-order valence-electron chi connectivity index (χ1n) is 5.79. The van der Waals surface area contributed by atoms with Gasteiger partial charge in [-0.05, 0) is 29.8 Å². The van der Waals surface area contributed by atoms with E-state index in [0.717, 1.165) is 16.2 Å². The van der Waals surface area contributed by atoms with Crippen molar-refractivity contribution in [3.05, 3.63) is 52.7 Å². The molecule has 0 radical (unpaired) electrons. The van der Waals surface area contributed by atoms with Crippen LogP contribution in [0.1, 0.15) is 10.4 Å². The zero-order valence-electron chi connectivity index (χ0n) is 10.7. The van der Waals surface area contributed by atoms with E-state index >= 15 is 0 Å². The van der Waals surface area contributed by atoms with E-state index in [0.29, 0.717) is 5.56 Å². The standard InChI is InChI=1S/C13H13ClFNO2S2/c1-16(9-10-3-2-4-11(15)7-10)20(17,18)13-6-5-12(8-14)19-13/h2-7H,8-9H2,1H3. The Morgan fingerprint density at radius 3 is 2.65 bits per heavy atom. The number of hydrogen-bond acceptors (Lipinski definition) is 3. The van der Waals surface area contributed by atoms with E-state index in [2.05, 4.69) is 0 Å². The van der Waals surface area contributed by atoms with Crippen molar-refractivity contribution in [2.24, 2.45) is 0 Å². The summed E-state index contributed by atoms with van der Waals surface area (Å²) in [7, 11) is -2.10. The third kappa shape index (κ3) is 3.38. The Bertz CT molecular complexity index is 700. The average molecular weight is 334 g/mol. The Morgan fingerprint density at radius 1 is 1.30 bits per heavy atom. The fourth-order valence-electron chi connectivity index (χ4n) is 1.70. The second-order valence-electron chi connectivity index (χ2n) is 4.25. The second kappa shape index (κ2) is 6.22. The van der Waals surface area contributed by atoms with E-state index in [4.69, 9.17) is 11.6 Å². The lowest BCUT2D eigenvalue weighted by Crippen LogP contribution is -2.25. The van der Waals surface area contributed by atoms with Gasteiger partial charge in [0.25, 0.3) is 10.0 Å². The molecule has 0 unspecified atom stereocenters. The van der Waals surface area contributed by atoms with Gasteiger partial charge in [-0.2, -0.15) is 4.31 Å². The van der Waals surface area contributed by atoms with Crippen molar-refractivity contribution in [1.82, 2.24) is 4.31 Å². The number of thiophene rings is 1. The van der Waals surface area contributed by atoms with Gasteiger partial charge in [-0.1, -0.05) is 12.1 Å². The fourth-order valence-corrected chi connectivity index (χ4v) is 4.53. The van der Waals surface area contributed by atoms with Crippen LogP contribution in [0.25, 0.3) is 0 Å². The minimum Gasteiger partial charge on any atom is -0.207 e.